The van der Waals surface area contributed by atoms with E-state index in [4.69, 9.17) is 0 Å². The maximum Gasteiger partial charge on any atom is 0.271 e. The zero-order valence-electron chi connectivity index (χ0n) is 13.1. The molecule has 2 aromatic rings. The van der Waals surface area contributed by atoms with Crippen molar-refractivity contribution >= 4 is 17.7 Å². The zero-order valence-corrected chi connectivity index (χ0v) is 13.9. The van der Waals surface area contributed by atoms with E-state index in [1.54, 1.807) is 11.8 Å². The van der Waals surface area contributed by atoms with Gasteiger partial charge in [0, 0.05) is 12.1 Å². The van der Waals surface area contributed by atoms with Gasteiger partial charge in [0.2, 0.25) is 0 Å². The lowest BCUT2D eigenvalue weighted by Crippen LogP contribution is -2.33. The summed E-state index contributed by atoms with van der Waals surface area (Å²) in [6, 6.07) is 8.94. The number of aromatic amines is 1. The summed E-state index contributed by atoms with van der Waals surface area (Å²) in [5, 5.41) is 5.76. The van der Waals surface area contributed by atoms with Gasteiger partial charge in [0.05, 0.1) is 5.69 Å². The van der Waals surface area contributed by atoms with Gasteiger partial charge < -0.3 is 5.32 Å². The van der Waals surface area contributed by atoms with Crippen molar-refractivity contribution < 1.29 is 4.79 Å². The Labute approximate surface area is 134 Å². The molecule has 1 amide bonds. The van der Waals surface area contributed by atoms with Gasteiger partial charge in [0.25, 0.3) is 11.5 Å². The molecule has 1 heterocycles. The summed E-state index contributed by atoms with van der Waals surface area (Å²) in [6.45, 7) is 3.94. The third kappa shape index (κ3) is 4.04. The SMILES string of the molecule is CSCCC(C)NC(=O)c1cc(=O)n(-c2ccc(C)cc2)[nH]1. The van der Waals surface area contributed by atoms with Crippen molar-refractivity contribution in [2.24, 2.45) is 0 Å². The Morgan fingerprint density at radius 3 is 2.68 bits per heavy atom. The lowest BCUT2D eigenvalue weighted by atomic mass is 10.2. The number of carbonyl (C=O) groups excluding carboxylic acids is 1. The first-order chi connectivity index (χ1) is 10.5. The summed E-state index contributed by atoms with van der Waals surface area (Å²) in [7, 11) is 0. The molecule has 0 saturated heterocycles. The van der Waals surface area contributed by atoms with E-state index in [1.165, 1.54) is 10.7 Å². The molecule has 0 aliphatic carbocycles. The molecule has 2 rings (SSSR count). The van der Waals surface area contributed by atoms with Gasteiger partial charge in [-0.1, -0.05) is 17.7 Å². The van der Waals surface area contributed by atoms with Gasteiger partial charge in [-0.15, -0.1) is 0 Å². The molecule has 0 aliphatic heterocycles. The minimum Gasteiger partial charge on any atom is -0.348 e. The first-order valence-electron chi connectivity index (χ1n) is 7.20. The molecule has 5 nitrogen and oxygen atoms in total. The molecule has 1 aromatic carbocycles. The number of thioether (sulfide) groups is 1. The highest BCUT2D eigenvalue weighted by molar-refractivity contribution is 7.98. The van der Waals surface area contributed by atoms with Gasteiger partial charge >= 0.3 is 0 Å². The number of hydrogen-bond acceptors (Lipinski definition) is 3. The standard InChI is InChI=1S/C16H21N3O2S/c1-11-4-6-13(7-5-11)19-15(20)10-14(18-19)16(21)17-12(2)8-9-22-3/h4-7,10,12,18H,8-9H2,1-3H3,(H,17,21). The molecule has 0 aliphatic rings. The first-order valence-corrected chi connectivity index (χ1v) is 8.59. The van der Waals surface area contributed by atoms with Crippen LogP contribution in [-0.2, 0) is 0 Å². The number of rotatable bonds is 6. The number of H-pyrrole nitrogens is 1. The minimum absolute atomic E-state index is 0.0752. The molecule has 0 radical (unpaired) electrons. The number of hydrogen-bond donors (Lipinski definition) is 2. The second kappa shape index (κ2) is 7.35. The number of benzene rings is 1. The summed E-state index contributed by atoms with van der Waals surface area (Å²) >= 11 is 1.74. The Bertz CT molecular complexity index is 688. The van der Waals surface area contributed by atoms with Crippen molar-refractivity contribution in [1.29, 1.82) is 0 Å². The van der Waals surface area contributed by atoms with Gasteiger partial charge in [0.15, 0.2) is 0 Å². The number of nitrogens with zero attached hydrogens (tertiary/aromatic N) is 1. The van der Waals surface area contributed by atoms with Crippen LogP contribution in [0.5, 0.6) is 0 Å². The van der Waals surface area contributed by atoms with E-state index >= 15 is 0 Å². The summed E-state index contributed by atoms with van der Waals surface area (Å²) in [5.74, 6) is 0.735. The average molecular weight is 319 g/mol. The van der Waals surface area contributed by atoms with E-state index < -0.39 is 0 Å². The molecular formula is C16H21N3O2S. The molecule has 0 fully saturated rings. The lowest BCUT2D eigenvalue weighted by molar-refractivity contribution is 0.0934. The van der Waals surface area contributed by atoms with Crippen LogP contribution in [0.1, 0.15) is 29.4 Å². The molecule has 22 heavy (non-hydrogen) atoms. The summed E-state index contributed by atoms with van der Waals surface area (Å²) in [6.07, 6.45) is 2.93. The fourth-order valence-electron chi connectivity index (χ4n) is 2.07. The average Bonchev–Trinajstić information content (AvgIpc) is 2.88. The second-order valence-corrected chi connectivity index (χ2v) is 6.32. The number of aromatic nitrogens is 2. The van der Waals surface area contributed by atoms with E-state index in [1.807, 2.05) is 44.4 Å². The van der Waals surface area contributed by atoms with Crippen LogP contribution < -0.4 is 10.9 Å². The summed E-state index contributed by atoms with van der Waals surface area (Å²) in [4.78, 5) is 24.2. The number of amides is 1. The van der Waals surface area contributed by atoms with Gasteiger partial charge in [-0.05, 0) is 44.4 Å². The van der Waals surface area contributed by atoms with Crippen LogP contribution in [0.4, 0.5) is 0 Å². The third-order valence-corrected chi connectivity index (χ3v) is 4.03. The Morgan fingerprint density at radius 2 is 2.05 bits per heavy atom. The molecule has 2 N–H and O–H groups in total. The van der Waals surface area contributed by atoms with Crippen molar-refractivity contribution in [3.05, 3.63) is 51.9 Å². The molecule has 1 atom stereocenters. The highest BCUT2D eigenvalue weighted by atomic mass is 32.2. The molecule has 0 saturated carbocycles. The highest BCUT2D eigenvalue weighted by Gasteiger charge is 2.14. The normalized spacial score (nSPS) is 12.1. The summed E-state index contributed by atoms with van der Waals surface area (Å²) in [5.41, 5.74) is 1.86. The molecular weight excluding hydrogens is 298 g/mol. The van der Waals surface area contributed by atoms with E-state index in [-0.39, 0.29) is 23.2 Å². The van der Waals surface area contributed by atoms with Crippen molar-refractivity contribution in [3.8, 4) is 5.69 Å². The van der Waals surface area contributed by atoms with Gasteiger partial charge in [-0.25, -0.2) is 4.68 Å². The van der Waals surface area contributed by atoms with Crippen molar-refractivity contribution in [2.45, 2.75) is 26.3 Å². The summed E-state index contributed by atoms with van der Waals surface area (Å²) < 4.78 is 1.38. The number of carbonyl (C=O) groups is 1. The molecule has 1 unspecified atom stereocenters. The van der Waals surface area contributed by atoms with Gasteiger partial charge in [0.1, 0.15) is 5.69 Å². The predicted molar refractivity (Wildman–Crippen MR) is 91.1 cm³/mol. The first kappa shape index (κ1) is 16.4. The van der Waals surface area contributed by atoms with Crippen LogP contribution in [0, 0.1) is 6.92 Å². The van der Waals surface area contributed by atoms with Crippen LogP contribution in [-0.4, -0.2) is 33.7 Å². The monoisotopic (exact) mass is 319 g/mol. The minimum atomic E-state index is -0.253. The van der Waals surface area contributed by atoms with E-state index in [9.17, 15) is 9.59 Å². The maximum absolute atomic E-state index is 12.2. The quantitative estimate of drug-likeness (QED) is 0.859. The Balaban J connectivity index is 2.14. The van der Waals surface area contributed by atoms with Crippen molar-refractivity contribution in [2.75, 3.05) is 12.0 Å². The van der Waals surface area contributed by atoms with Gasteiger partial charge in [-0.2, -0.15) is 11.8 Å². The fourth-order valence-corrected chi connectivity index (χ4v) is 2.66. The van der Waals surface area contributed by atoms with Crippen LogP contribution in [0.3, 0.4) is 0 Å². The Morgan fingerprint density at radius 1 is 1.36 bits per heavy atom. The van der Waals surface area contributed by atoms with Crippen LogP contribution in [0.15, 0.2) is 35.1 Å². The fraction of sp³-hybridized carbons (Fsp3) is 0.375. The van der Waals surface area contributed by atoms with Crippen LogP contribution >= 0.6 is 11.8 Å². The smallest absolute Gasteiger partial charge is 0.271 e. The molecule has 0 spiro atoms. The van der Waals surface area contributed by atoms with Crippen molar-refractivity contribution in [3.63, 3.8) is 0 Å². The zero-order chi connectivity index (χ0) is 16.1. The molecule has 6 heteroatoms. The number of nitrogens with one attached hydrogen (secondary N) is 2. The van der Waals surface area contributed by atoms with E-state index in [0.29, 0.717) is 5.69 Å². The largest absolute Gasteiger partial charge is 0.348 e. The number of aryl methyl sites for hydroxylation is 1. The lowest BCUT2D eigenvalue weighted by Gasteiger charge is -2.12. The Hall–Kier alpha value is -1.95. The maximum atomic E-state index is 12.2. The second-order valence-electron chi connectivity index (χ2n) is 5.33. The topological polar surface area (TPSA) is 66.9 Å². The molecule has 118 valence electrons. The van der Waals surface area contributed by atoms with Gasteiger partial charge in [-0.3, -0.25) is 14.7 Å². The third-order valence-electron chi connectivity index (χ3n) is 3.39. The van der Waals surface area contributed by atoms with Crippen LogP contribution in [0.2, 0.25) is 0 Å². The Kier molecular flexibility index (Phi) is 5.49. The van der Waals surface area contributed by atoms with E-state index in [2.05, 4.69) is 10.4 Å². The predicted octanol–water partition coefficient (Wildman–Crippen LogP) is 2.35. The van der Waals surface area contributed by atoms with Crippen molar-refractivity contribution in [1.82, 2.24) is 15.1 Å². The highest BCUT2D eigenvalue weighted by Crippen LogP contribution is 2.07. The van der Waals surface area contributed by atoms with Crippen LogP contribution in [0.25, 0.3) is 5.69 Å². The molecule has 1 aromatic heterocycles. The molecule has 0 bridgehead atoms. The van der Waals surface area contributed by atoms with E-state index in [0.717, 1.165) is 17.7 Å².